The summed E-state index contributed by atoms with van der Waals surface area (Å²) in [5.74, 6) is 0. The zero-order chi connectivity index (χ0) is 21.8. The molecule has 0 aromatic heterocycles. The average molecular weight is 433 g/mol. The summed E-state index contributed by atoms with van der Waals surface area (Å²) >= 11 is 0. The summed E-state index contributed by atoms with van der Waals surface area (Å²) in [6.07, 6.45) is 6.24. The zero-order valence-electron chi connectivity index (χ0n) is 17.9. The monoisotopic (exact) mass is 432 g/mol. The number of aryl methyl sites for hydroxylation is 2. The molecule has 160 valence electrons. The van der Waals surface area contributed by atoms with E-state index >= 15 is 0 Å². The molecular weight excluding hydrogens is 404 g/mol. The Hall–Kier alpha value is -2.89. The molecule has 0 spiro atoms. The van der Waals surface area contributed by atoms with Crippen molar-refractivity contribution >= 4 is 21.8 Å². The third kappa shape index (κ3) is 4.89. The first-order valence-electron chi connectivity index (χ1n) is 10.7. The van der Waals surface area contributed by atoms with Crippen LogP contribution in [0.1, 0.15) is 41.6 Å². The Morgan fingerprint density at radius 2 is 1.61 bits per heavy atom. The van der Waals surface area contributed by atoms with Crippen LogP contribution in [-0.4, -0.2) is 14.5 Å². The van der Waals surface area contributed by atoms with E-state index in [9.17, 15) is 8.42 Å². The van der Waals surface area contributed by atoms with E-state index in [0.717, 1.165) is 35.2 Å². The molecular formula is C26H28N2O2S. The van der Waals surface area contributed by atoms with Gasteiger partial charge in [-0.3, -0.25) is 0 Å². The van der Waals surface area contributed by atoms with Crippen LogP contribution < -0.4 is 10.0 Å². The van der Waals surface area contributed by atoms with Crippen LogP contribution in [0.25, 0.3) is 6.08 Å². The van der Waals surface area contributed by atoms with Gasteiger partial charge in [-0.2, -0.15) is 0 Å². The molecule has 3 aromatic carbocycles. The molecule has 0 aliphatic heterocycles. The molecule has 2 N–H and O–H groups in total. The van der Waals surface area contributed by atoms with Crippen molar-refractivity contribution in [3.05, 3.63) is 101 Å². The molecule has 5 heteroatoms. The van der Waals surface area contributed by atoms with E-state index in [1.807, 2.05) is 49.4 Å². The minimum atomic E-state index is -3.68. The number of fused-ring (bicyclic) bond motifs is 1. The van der Waals surface area contributed by atoms with Crippen LogP contribution in [0.15, 0.2) is 83.8 Å². The molecule has 1 aliphatic rings. The molecule has 4 nitrogen and oxygen atoms in total. The Morgan fingerprint density at radius 1 is 0.903 bits per heavy atom. The third-order valence-electron chi connectivity index (χ3n) is 5.61. The highest BCUT2D eigenvalue weighted by molar-refractivity contribution is 7.89. The van der Waals surface area contributed by atoms with E-state index in [4.69, 9.17) is 0 Å². The van der Waals surface area contributed by atoms with Gasteiger partial charge in [0.25, 0.3) is 0 Å². The van der Waals surface area contributed by atoms with Crippen LogP contribution in [0.2, 0.25) is 0 Å². The van der Waals surface area contributed by atoms with Crippen molar-refractivity contribution in [2.45, 2.75) is 43.7 Å². The lowest BCUT2D eigenvalue weighted by atomic mass is 9.90. The number of benzene rings is 3. The van der Waals surface area contributed by atoms with Gasteiger partial charge < -0.3 is 5.32 Å². The van der Waals surface area contributed by atoms with Crippen LogP contribution in [0.4, 0.5) is 5.69 Å². The van der Waals surface area contributed by atoms with E-state index in [-0.39, 0.29) is 10.9 Å². The van der Waals surface area contributed by atoms with Crippen LogP contribution in [0, 0.1) is 6.92 Å². The van der Waals surface area contributed by atoms with Crippen molar-refractivity contribution in [3.63, 3.8) is 0 Å². The summed E-state index contributed by atoms with van der Waals surface area (Å²) in [4.78, 5) is 0.271. The summed E-state index contributed by atoms with van der Waals surface area (Å²) < 4.78 is 29.3. The Kier molecular flexibility index (Phi) is 6.25. The molecule has 0 saturated heterocycles. The first-order chi connectivity index (χ1) is 15.0. The SMILES string of the molecule is CCCc1ccc(N[C@@H]2C=Cc3ccccc3[C@H]2NS(=O)(=O)c2ccc(C)cc2)cc1. The predicted molar refractivity (Wildman–Crippen MR) is 128 cm³/mol. The molecule has 4 rings (SSSR count). The number of rotatable bonds is 7. The lowest BCUT2D eigenvalue weighted by Gasteiger charge is -2.31. The van der Waals surface area contributed by atoms with Crippen LogP contribution >= 0.6 is 0 Å². The van der Waals surface area contributed by atoms with Gasteiger partial charge in [0.1, 0.15) is 0 Å². The van der Waals surface area contributed by atoms with Crippen molar-refractivity contribution in [2.75, 3.05) is 5.32 Å². The summed E-state index contributed by atoms with van der Waals surface area (Å²) in [6.45, 7) is 4.11. The van der Waals surface area contributed by atoms with Gasteiger partial charge in [0.15, 0.2) is 0 Å². The Labute approximate surface area is 185 Å². The summed E-state index contributed by atoms with van der Waals surface area (Å²) in [7, 11) is -3.68. The van der Waals surface area contributed by atoms with Crippen molar-refractivity contribution in [1.82, 2.24) is 4.72 Å². The van der Waals surface area contributed by atoms with Gasteiger partial charge in [-0.15, -0.1) is 0 Å². The lowest BCUT2D eigenvalue weighted by molar-refractivity contribution is 0.541. The molecule has 3 aromatic rings. The zero-order valence-corrected chi connectivity index (χ0v) is 18.7. The van der Waals surface area contributed by atoms with Crippen molar-refractivity contribution in [3.8, 4) is 0 Å². The van der Waals surface area contributed by atoms with Gasteiger partial charge in [0, 0.05) is 5.69 Å². The van der Waals surface area contributed by atoms with Crippen molar-refractivity contribution < 1.29 is 8.42 Å². The molecule has 0 amide bonds. The van der Waals surface area contributed by atoms with Gasteiger partial charge in [-0.25, -0.2) is 13.1 Å². The number of hydrogen-bond donors (Lipinski definition) is 2. The van der Waals surface area contributed by atoms with E-state index < -0.39 is 16.1 Å². The third-order valence-corrected chi connectivity index (χ3v) is 7.07. The van der Waals surface area contributed by atoms with Crippen molar-refractivity contribution in [2.24, 2.45) is 0 Å². The minimum absolute atomic E-state index is 0.216. The lowest BCUT2D eigenvalue weighted by Crippen LogP contribution is -2.40. The maximum atomic E-state index is 13.2. The number of hydrogen-bond acceptors (Lipinski definition) is 3. The van der Waals surface area contributed by atoms with E-state index in [2.05, 4.69) is 47.3 Å². The number of anilines is 1. The maximum absolute atomic E-state index is 13.2. The highest BCUT2D eigenvalue weighted by Gasteiger charge is 2.30. The number of sulfonamides is 1. The van der Waals surface area contributed by atoms with Gasteiger partial charge in [-0.1, -0.05) is 79.6 Å². The molecule has 0 radical (unpaired) electrons. The summed E-state index contributed by atoms with van der Waals surface area (Å²) in [6, 6.07) is 22.6. The van der Waals surface area contributed by atoms with E-state index in [1.165, 1.54) is 5.56 Å². The Balaban J connectivity index is 1.63. The van der Waals surface area contributed by atoms with Gasteiger partial charge in [0.2, 0.25) is 10.0 Å². The highest BCUT2D eigenvalue weighted by atomic mass is 32.2. The maximum Gasteiger partial charge on any atom is 0.241 e. The first-order valence-corrected chi connectivity index (χ1v) is 12.2. The minimum Gasteiger partial charge on any atom is -0.377 e. The Morgan fingerprint density at radius 3 is 2.32 bits per heavy atom. The molecule has 0 fully saturated rings. The number of nitrogens with one attached hydrogen (secondary N) is 2. The topological polar surface area (TPSA) is 58.2 Å². The van der Waals surface area contributed by atoms with Gasteiger partial charge >= 0.3 is 0 Å². The van der Waals surface area contributed by atoms with E-state index in [1.54, 1.807) is 12.1 Å². The smallest absolute Gasteiger partial charge is 0.241 e. The van der Waals surface area contributed by atoms with Gasteiger partial charge in [-0.05, 0) is 54.3 Å². The fourth-order valence-electron chi connectivity index (χ4n) is 3.93. The molecule has 2 atom stereocenters. The normalized spacial score (nSPS) is 17.9. The largest absolute Gasteiger partial charge is 0.377 e. The predicted octanol–water partition coefficient (Wildman–Crippen LogP) is 5.47. The van der Waals surface area contributed by atoms with Crippen LogP contribution in [0.3, 0.4) is 0 Å². The van der Waals surface area contributed by atoms with E-state index in [0.29, 0.717) is 0 Å². The fourth-order valence-corrected chi connectivity index (χ4v) is 5.17. The second kappa shape index (κ2) is 9.08. The standard InChI is InChI=1S/C26H28N2O2S/c1-3-6-20-11-14-22(15-12-20)27-25-18-13-21-7-4-5-8-24(21)26(25)28-31(29,30)23-16-9-19(2)10-17-23/h4-5,7-18,25-28H,3,6H2,1-2H3/t25-,26-/m1/s1. The first kappa shape index (κ1) is 21.3. The molecule has 0 heterocycles. The van der Waals surface area contributed by atoms with Gasteiger partial charge in [0.05, 0.1) is 17.0 Å². The highest BCUT2D eigenvalue weighted by Crippen LogP contribution is 2.31. The van der Waals surface area contributed by atoms with Crippen LogP contribution in [-0.2, 0) is 16.4 Å². The molecule has 0 saturated carbocycles. The molecule has 0 unspecified atom stereocenters. The molecule has 31 heavy (non-hydrogen) atoms. The second-order valence-corrected chi connectivity index (χ2v) is 9.73. The summed E-state index contributed by atoms with van der Waals surface area (Å²) in [5, 5.41) is 3.51. The molecule has 0 bridgehead atoms. The van der Waals surface area contributed by atoms with Crippen molar-refractivity contribution in [1.29, 1.82) is 0 Å². The summed E-state index contributed by atoms with van der Waals surface area (Å²) in [5.41, 5.74) is 5.27. The van der Waals surface area contributed by atoms with Crippen LogP contribution in [0.5, 0.6) is 0 Å². The average Bonchev–Trinajstić information content (AvgIpc) is 2.77. The quantitative estimate of drug-likeness (QED) is 0.520. The molecule has 1 aliphatic carbocycles. The Bertz CT molecular complexity index is 1170. The fraction of sp³-hybridized carbons (Fsp3) is 0.231. The second-order valence-electron chi connectivity index (χ2n) is 8.02.